The van der Waals surface area contributed by atoms with Crippen LogP contribution in [0.4, 0.5) is 5.69 Å². The summed E-state index contributed by atoms with van der Waals surface area (Å²) in [5.74, 6) is -0.473. The van der Waals surface area contributed by atoms with E-state index in [1.54, 1.807) is 0 Å². The van der Waals surface area contributed by atoms with Gasteiger partial charge in [-0.1, -0.05) is 25.1 Å². The van der Waals surface area contributed by atoms with E-state index >= 15 is 0 Å². The van der Waals surface area contributed by atoms with Crippen LogP contribution in [-0.4, -0.2) is 47.8 Å². The van der Waals surface area contributed by atoms with Crippen LogP contribution in [0.1, 0.15) is 31.7 Å². The summed E-state index contributed by atoms with van der Waals surface area (Å²) in [6, 6.07) is 8.72. The molecule has 4 atom stereocenters. The standard InChI is InChI=1S/C20H24N2O3/c1-3-19(24)11-22-9-8-20-12-6-4-5-7-14(12)21-17(20)16(18(23)25-2)13(19)10-15(20)22/h4-7,13,15,21,24H,3,8-11H2,1-2H3/t13-,15+,19+,20-/m0/s1. The molecule has 5 rings (SSSR count). The van der Waals surface area contributed by atoms with Crippen LogP contribution in [0.3, 0.4) is 0 Å². The number of anilines is 1. The largest absolute Gasteiger partial charge is 0.466 e. The third-order valence-electron chi connectivity index (χ3n) is 7.14. The Labute approximate surface area is 147 Å². The van der Waals surface area contributed by atoms with E-state index in [9.17, 15) is 9.90 Å². The summed E-state index contributed by atoms with van der Waals surface area (Å²) in [6.45, 7) is 3.60. The molecule has 0 saturated carbocycles. The Bertz CT molecular complexity index is 804. The van der Waals surface area contributed by atoms with Crippen molar-refractivity contribution in [3.8, 4) is 0 Å². The number of rotatable bonds is 2. The van der Waals surface area contributed by atoms with Crippen LogP contribution in [0.2, 0.25) is 0 Å². The quantitative estimate of drug-likeness (QED) is 0.807. The van der Waals surface area contributed by atoms with Gasteiger partial charge in [0.25, 0.3) is 0 Å². The van der Waals surface area contributed by atoms with Crippen molar-refractivity contribution in [3.05, 3.63) is 41.1 Å². The lowest BCUT2D eigenvalue weighted by Crippen LogP contribution is -2.62. The fourth-order valence-corrected chi connectivity index (χ4v) is 5.95. The summed E-state index contributed by atoms with van der Waals surface area (Å²) >= 11 is 0. The average molecular weight is 340 g/mol. The first-order valence-electron chi connectivity index (χ1n) is 9.21. The van der Waals surface area contributed by atoms with Crippen LogP contribution in [0, 0.1) is 5.92 Å². The van der Waals surface area contributed by atoms with Gasteiger partial charge in [0.1, 0.15) is 0 Å². The molecule has 5 heteroatoms. The third-order valence-corrected chi connectivity index (χ3v) is 7.14. The molecule has 2 bridgehead atoms. The minimum absolute atomic E-state index is 0.161. The number of nitrogens with zero attached hydrogens (tertiary/aromatic N) is 1. The molecule has 3 aliphatic heterocycles. The summed E-state index contributed by atoms with van der Waals surface area (Å²) in [5.41, 5.74) is 3.00. The van der Waals surface area contributed by atoms with Gasteiger partial charge in [-0.25, -0.2) is 4.79 Å². The predicted octanol–water partition coefficient (Wildman–Crippen LogP) is 2.03. The number of carbonyl (C=O) groups is 1. The Morgan fingerprint density at radius 1 is 1.44 bits per heavy atom. The van der Waals surface area contributed by atoms with E-state index in [4.69, 9.17) is 4.74 Å². The first-order valence-corrected chi connectivity index (χ1v) is 9.21. The SMILES string of the molecule is CC[C@@]1(O)CN2CC[C@@]34C(=C(C(=O)OC)[C@@H]1C[C@@H]23)Nc1ccccc14. The molecule has 0 radical (unpaired) electrons. The Morgan fingerprint density at radius 2 is 2.24 bits per heavy atom. The number of benzene rings is 1. The summed E-state index contributed by atoms with van der Waals surface area (Å²) in [5, 5.41) is 14.9. The topological polar surface area (TPSA) is 61.8 Å². The first kappa shape index (κ1) is 15.4. The van der Waals surface area contributed by atoms with E-state index in [0.29, 0.717) is 24.6 Å². The average Bonchev–Trinajstić information content (AvgIpc) is 3.18. The summed E-state index contributed by atoms with van der Waals surface area (Å²) in [7, 11) is 1.44. The highest BCUT2D eigenvalue weighted by molar-refractivity contribution is 5.93. The van der Waals surface area contributed by atoms with Crippen molar-refractivity contribution in [2.75, 3.05) is 25.5 Å². The van der Waals surface area contributed by atoms with Crippen LogP contribution >= 0.6 is 0 Å². The van der Waals surface area contributed by atoms with Crippen molar-refractivity contribution in [1.82, 2.24) is 4.90 Å². The van der Waals surface area contributed by atoms with E-state index in [2.05, 4.69) is 28.4 Å². The van der Waals surface area contributed by atoms with E-state index in [1.807, 2.05) is 13.0 Å². The van der Waals surface area contributed by atoms with Crippen molar-refractivity contribution in [1.29, 1.82) is 0 Å². The maximum atomic E-state index is 12.8. The van der Waals surface area contributed by atoms with Crippen molar-refractivity contribution in [2.24, 2.45) is 5.92 Å². The van der Waals surface area contributed by atoms with Gasteiger partial charge in [0, 0.05) is 29.9 Å². The summed E-state index contributed by atoms with van der Waals surface area (Å²) < 4.78 is 5.17. The van der Waals surface area contributed by atoms with Gasteiger partial charge in [0.05, 0.1) is 23.7 Å². The van der Waals surface area contributed by atoms with Crippen LogP contribution in [0.5, 0.6) is 0 Å². The molecule has 1 spiro atoms. The fourth-order valence-electron chi connectivity index (χ4n) is 5.95. The molecule has 132 valence electrons. The van der Waals surface area contributed by atoms with Gasteiger partial charge in [0.15, 0.2) is 0 Å². The maximum Gasteiger partial charge on any atom is 0.335 e. The number of nitrogens with one attached hydrogen (secondary N) is 1. The molecule has 2 fully saturated rings. The molecular weight excluding hydrogens is 316 g/mol. The summed E-state index contributed by atoms with van der Waals surface area (Å²) in [6.07, 6.45) is 2.42. The molecule has 5 nitrogen and oxygen atoms in total. The monoisotopic (exact) mass is 340 g/mol. The van der Waals surface area contributed by atoms with Crippen LogP contribution < -0.4 is 5.32 Å². The molecule has 3 heterocycles. The number of ether oxygens (including phenoxy) is 1. The van der Waals surface area contributed by atoms with Gasteiger partial charge in [0.2, 0.25) is 0 Å². The van der Waals surface area contributed by atoms with Crippen molar-refractivity contribution >= 4 is 11.7 Å². The molecule has 2 N–H and O–H groups in total. The number of piperidine rings is 1. The fraction of sp³-hybridized carbons (Fsp3) is 0.550. The zero-order valence-corrected chi connectivity index (χ0v) is 14.7. The minimum atomic E-state index is -0.875. The van der Waals surface area contributed by atoms with E-state index in [0.717, 1.165) is 30.8 Å². The van der Waals surface area contributed by atoms with E-state index < -0.39 is 5.60 Å². The third kappa shape index (κ3) is 1.68. The second-order valence-corrected chi connectivity index (χ2v) is 7.90. The second-order valence-electron chi connectivity index (χ2n) is 7.90. The number of methoxy groups -OCH3 is 1. The molecule has 4 aliphatic rings. The summed E-state index contributed by atoms with van der Waals surface area (Å²) in [4.78, 5) is 15.2. The van der Waals surface area contributed by atoms with Crippen molar-refractivity contribution in [3.63, 3.8) is 0 Å². The molecule has 2 saturated heterocycles. The van der Waals surface area contributed by atoms with Crippen molar-refractivity contribution in [2.45, 2.75) is 43.2 Å². The normalized spacial score (nSPS) is 38.2. The zero-order valence-electron chi connectivity index (χ0n) is 14.7. The zero-order chi connectivity index (χ0) is 17.4. The van der Waals surface area contributed by atoms with Gasteiger partial charge in [-0.2, -0.15) is 0 Å². The Kier molecular flexibility index (Phi) is 3.00. The van der Waals surface area contributed by atoms with Crippen LogP contribution in [-0.2, 0) is 14.9 Å². The molecule has 1 aliphatic carbocycles. The molecule has 0 aromatic heterocycles. The highest BCUT2D eigenvalue weighted by Gasteiger charge is 2.65. The lowest BCUT2D eigenvalue weighted by atomic mass is 9.59. The Morgan fingerprint density at radius 3 is 3.00 bits per heavy atom. The van der Waals surface area contributed by atoms with Crippen LogP contribution in [0.25, 0.3) is 0 Å². The number of carbonyl (C=O) groups excluding carboxylic acids is 1. The lowest BCUT2D eigenvalue weighted by molar-refractivity contribution is -0.142. The number of esters is 1. The number of fused-ring (bicyclic) bond motifs is 2. The lowest BCUT2D eigenvalue weighted by Gasteiger charge is -2.53. The molecule has 25 heavy (non-hydrogen) atoms. The van der Waals surface area contributed by atoms with E-state index in [-0.39, 0.29) is 17.3 Å². The highest BCUT2D eigenvalue weighted by atomic mass is 16.5. The van der Waals surface area contributed by atoms with Gasteiger partial charge >= 0.3 is 5.97 Å². The van der Waals surface area contributed by atoms with Gasteiger partial charge in [-0.05, 0) is 37.4 Å². The predicted molar refractivity (Wildman–Crippen MR) is 94.1 cm³/mol. The maximum absolute atomic E-state index is 12.8. The number of para-hydroxylation sites is 1. The molecular formula is C20H24N2O3. The van der Waals surface area contributed by atoms with E-state index in [1.165, 1.54) is 12.7 Å². The van der Waals surface area contributed by atoms with Crippen LogP contribution in [0.15, 0.2) is 35.5 Å². The molecule has 1 aromatic rings. The molecule has 0 amide bonds. The minimum Gasteiger partial charge on any atom is -0.466 e. The smallest absolute Gasteiger partial charge is 0.335 e. The molecule has 1 aromatic carbocycles. The Hall–Kier alpha value is -1.85. The first-order chi connectivity index (χ1) is 12.0. The number of aliphatic hydroxyl groups is 1. The van der Waals surface area contributed by atoms with Gasteiger partial charge in [-0.15, -0.1) is 0 Å². The number of hydrogen-bond donors (Lipinski definition) is 2. The molecule has 0 unspecified atom stereocenters. The highest BCUT2D eigenvalue weighted by Crippen LogP contribution is 2.62. The second kappa shape index (κ2) is 4.86. The van der Waals surface area contributed by atoms with Gasteiger partial charge < -0.3 is 15.2 Å². The number of hydrogen-bond acceptors (Lipinski definition) is 5. The van der Waals surface area contributed by atoms with Crippen molar-refractivity contribution < 1.29 is 14.6 Å². The van der Waals surface area contributed by atoms with Gasteiger partial charge in [-0.3, -0.25) is 4.90 Å². The Balaban J connectivity index is 1.81.